The van der Waals surface area contributed by atoms with E-state index in [1.54, 1.807) is 43.3 Å². The number of hydrogen-bond donors (Lipinski definition) is 1. The maximum absolute atomic E-state index is 14.9. The molecule has 3 aromatic rings. The van der Waals surface area contributed by atoms with Crippen LogP contribution in [0.2, 0.25) is 10.0 Å². The molecule has 1 saturated carbocycles. The van der Waals surface area contributed by atoms with Crippen molar-refractivity contribution in [1.29, 1.82) is 0 Å². The zero-order chi connectivity index (χ0) is 25.2. The molecule has 1 N–H and O–H groups in total. The van der Waals surface area contributed by atoms with Gasteiger partial charge in [0.1, 0.15) is 5.60 Å². The van der Waals surface area contributed by atoms with E-state index in [2.05, 4.69) is 5.32 Å². The van der Waals surface area contributed by atoms with Gasteiger partial charge < -0.3 is 10.1 Å². The molecular weight excluding hydrogens is 512 g/mol. The quantitative estimate of drug-likeness (QED) is 0.354. The van der Waals surface area contributed by atoms with E-state index in [9.17, 15) is 17.6 Å². The normalized spacial score (nSPS) is 14.7. The average molecular weight is 536 g/mol. The molecule has 1 aliphatic carbocycles. The van der Waals surface area contributed by atoms with Gasteiger partial charge in [0.05, 0.1) is 17.1 Å². The SMILES string of the molecule is CCS(=O)(=O)c1ccc(CC(=O)Nc2ccc(OC3(c4ccc(Cl)cc4Cl)CCC3)c(F)c2)cc1. The summed E-state index contributed by atoms with van der Waals surface area (Å²) in [5.41, 5.74) is 0.983. The molecule has 184 valence electrons. The summed E-state index contributed by atoms with van der Waals surface area (Å²) in [6.45, 7) is 1.57. The van der Waals surface area contributed by atoms with E-state index in [1.807, 2.05) is 0 Å². The summed E-state index contributed by atoms with van der Waals surface area (Å²) in [5, 5.41) is 3.65. The van der Waals surface area contributed by atoms with E-state index < -0.39 is 21.3 Å². The summed E-state index contributed by atoms with van der Waals surface area (Å²) in [6, 6.07) is 15.6. The molecule has 1 aliphatic rings. The van der Waals surface area contributed by atoms with Crippen LogP contribution >= 0.6 is 23.2 Å². The standard InChI is InChI=1S/C26H24Cl2FNO4S/c1-2-35(32,33)20-8-4-17(5-9-20)14-25(31)30-19-7-11-24(23(29)16-19)34-26(12-3-13-26)21-10-6-18(27)15-22(21)28/h4-11,15-16H,2-3,12-14H2,1H3,(H,30,31). The summed E-state index contributed by atoms with van der Waals surface area (Å²) in [5.74, 6) is -0.881. The van der Waals surface area contributed by atoms with Crippen molar-refractivity contribution < 1.29 is 22.3 Å². The second-order valence-electron chi connectivity index (χ2n) is 8.49. The van der Waals surface area contributed by atoms with Gasteiger partial charge >= 0.3 is 0 Å². The molecule has 0 bridgehead atoms. The Morgan fingerprint density at radius 3 is 2.34 bits per heavy atom. The molecule has 0 unspecified atom stereocenters. The number of carbonyl (C=O) groups excluding carboxylic acids is 1. The molecule has 0 atom stereocenters. The van der Waals surface area contributed by atoms with Crippen molar-refractivity contribution in [3.63, 3.8) is 0 Å². The number of hydrogen-bond acceptors (Lipinski definition) is 4. The van der Waals surface area contributed by atoms with Crippen LogP contribution in [0.5, 0.6) is 5.75 Å². The Kier molecular flexibility index (Phi) is 7.40. The highest BCUT2D eigenvalue weighted by Gasteiger charge is 2.43. The number of halogens is 3. The maximum Gasteiger partial charge on any atom is 0.228 e. The molecule has 1 amide bonds. The third-order valence-corrected chi connectivity index (χ3v) is 8.43. The Morgan fingerprint density at radius 1 is 1.06 bits per heavy atom. The van der Waals surface area contributed by atoms with Crippen LogP contribution in [-0.2, 0) is 26.7 Å². The molecule has 9 heteroatoms. The number of sulfone groups is 1. The summed E-state index contributed by atoms with van der Waals surface area (Å²) in [4.78, 5) is 12.7. The Hall–Kier alpha value is -2.61. The fourth-order valence-electron chi connectivity index (χ4n) is 4.03. The summed E-state index contributed by atoms with van der Waals surface area (Å²) < 4.78 is 44.9. The van der Waals surface area contributed by atoms with Crippen molar-refractivity contribution in [3.8, 4) is 5.75 Å². The van der Waals surface area contributed by atoms with Crippen LogP contribution < -0.4 is 10.1 Å². The van der Waals surface area contributed by atoms with Crippen molar-refractivity contribution in [2.24, 2.45) is 0 Å². The number of nitrogens with one attached hydrogen (secondary N) is 1. The molecule has 1 fully saturated rings. The first kappa shape index (κ1) is 25.5. The molecule has 0 heterocycles. The lowest BCUT2D eigenvalue weighted by Gasteiger charge is -2.42. The Morgan fingerprint density at radius 2 is 1.77 bits per heavy atom. The first-order valence-electron chi connectivity index (χ1n) is 11.2. The highest BCUT2D eigenvalue weighted by atomic mass is 35.5. The topological polar surface area (TPSA) is 72.5 Å². The van der Waals surface area contributed by atoms with Gasteiger partial charge in [0.2, 0.25) is 5.91 Å². The van der Waals surface area contributed by atoms with Gasteiger partial charge in [-0.15, -0.1) is 0 Å². The van der Waals surface area contributed by atoms with E-state index in [4.69, 9.17) is 27.9 Å². The number of anilines is 1. The lowest BCUT2D eigenvalue weighted by Crippen LogP contribution is -2.40. The van der Waals surface area contributed by atoms with Gasteiger partial charge in [0.25, 0.3) is 0 Å². The number of carbonyl (C=O) groups is 1. The lowest BCUT2D eigenvalue weighted by atomic mass is 9.74. The molecule has 0 spiro atoms. The van der Waals surface area contributed by atoms with Crippen molar-refractivity contribution in [2.45, 2.75) is 43.1 Å². The zero-order valence-electron chi connectivity index (χ0n) is 19.0. The van der Waals surface area contributed by atoms with Gasteiger partial charge in [-0.1, -0.05) is 48.3 Å². The van der Waals surface area contributed by atoms with Crippen molar-refractivity contribution in [2.75, 3.05) is 11.1 Å². The number of ether oxygens (including phenoxy) is 1. The second kappa shape index (κ2) is 10.2. The van der Waals surface area contributed by atoms with Crippen LogP contribution in [0.1, 0.15) is 37.3 Å². The fourth-order valence-corrected chi connectivity index (χ4v) is 5.49. The highest BCUT2D eigenvalue weighted by Crippen LogP contribution is 2.48. The average Bonchev–Trinajstić information content (AvgIpc) is 2.78. The van der Waals surface area contributed by atoms with Crippen LogP contribution in [-0.4, -0.2) is 20.1 Å². The minimum absolute atomic E-state index is 0.00592. The molecule has 4 rings (SSSR count). The van der Waals surface area contributed by atoms with Gasteiger partial charge in [-0.05, 0) is 61.2 Å². The molecule has 0 radical (unpaired) electrons. The maximum atomic E-state index is 14.9. The van der Waals surface area contributed by atoms with E-state index in [1.165, 1.54) is 24.3 Å². The van der Waals surface area contributed by atoms with Gasteiger partial charge in [-0.3, -0.25) is 4.79 Å². The summed E-state index contributed by atoms with van der Waals surface area (Å²) in [6.07, 6.45) is 2.35. The first-order valence-corrected chi connectivity index (χ1v) is 13.6. The van der Waals surface area contributed by atoms with Crippen LogP contribution in [0.3, 0.4) is 0 Å². The van der Waals surface area contributed by atoms with Crippen LogP contribution in [0, 0.1) is 5.82 Å². The van der Waals surface area contributed by atoms with Crippen molar-refractivity contribution in [3.05, 3.63) is 87.7 Å². The lowest BCUT2D eigenvalue weighted by molar-refractivity contribution is -0.115. The predicted octanol–water partition coefficient (Wildman–Crippen LogP) is 6.57. The van der Waals surface area contributed by atoms with Gasteiger partial charge in [-0.2, -0.15) is 0 Å². The molecular formula is C26H24Cl2FNO4S. The molecule has 5 nitrogen and oxygen atoms in total. The third-order valence-electron chi connectivity index (χ3n) is 6.13. The Labute approximate surface area is 214 Å². The minimum Gasteiger partial charge on any atom is -0.479 e. The van der Waals surface area contributed by atoms with E-state index in [-0.39, 0.29) is 34.4 Å². The van der Waals surface area contributed by atoms with Gasteiger partial charge in [0, 0.05) is 27.4 Å². The number of amides is 1. The van der Waals surface area contributed by atoms with E-state index in [0.717, 1.165) is 12.0 Å². The minimum atomic E-state index is -3.30. The van der Waals surface area contributed by atoms with Crippen LogP contribution in [0.4, 0.5) is 10.1 Å². The second-order valence-corrected chi connectivity index (χ2v) is 11.6. The van der Waals surface area contributed by atoms with Crippen LogP contribution in [0.25, 0.3) is 0 Å². The third kappa shape index (κ3) is 5.63. The monoisotopic (exact) mass is 535 g/mol. The Balaban J connectivity index is 1.43. The number of rotatable bonds is 8. The fraction of sp³-hybridized carbons (Fsp3) is 0.269. The van der Waals surface area contributed by atoms with Crippen molar-refractivity contribution in [1.82, 2.24) is 0 Å². The first-order chi connectivity index (χ1) is 16.6. The molecule has 0 saturated heterocycles. The number of benzene rings is 3. The molecule has 35 heavy (non-hydrogen) atoms. The molecule has 0 aromatic heterocycles. The van der Waals surface area contributed by atoms with E-state index in [0.29, 0.717) is 28.5 Å². The highest BCUT2D eigenvalue weighted by molar-refractivity contribution is 7.91. The van der Waals surface area contributed by atoms with Crippen molar-refractivity contribution >= 4 is 44.6 Å². The summed E-state index contributed by atoms with van der Waals surface area (Å²) in [7, 11) is -3.30. The largest absolute Gasteiger partial charge is 0.479 e. The van der Waals surface area contributed by atoms with Gasteiger partial charge in [0.15, 0.2) is 21.4 Å². The Bertz CT molecular complexity index is 1360. The molecule has 3 aromatic carbocycles. The summed E-state index contributed by atoms with van der Waals surface area (Å²) >= 11 is 12.4. The predicted molar refractivity (Wildman–Crippen MR) is 136 cm³/mol. The molecule has 0 aliphatic heterocycles. The smallest absolute Gasteiger partial charge is 0.228 e. The van der Waals surface area contributed by atoms with Crippen LogP contribution in [0.15, 0.2) is 65.6 Å². The van der Waals surface area contributed by atoms with E-state index >= 15 is 0 Å². The van der Waals surface area contributed by atoms with Gasteiger partial charge in [-0.25, -0.2) is 12.8 Å². The zero-order valence-corrected chi connectivity index (χ0v) is 21.3.